The van der Waals surface area contributed by atoms with Gasteiger partial charge in [0.05, 0.1) is 32.6 Å². The lowest BCUT2D eigenvalue weighted by molar-refractivity contribution is 0.608. The Labute approximate surface area is 277 Å². The van der Waals surface area contributed by atoms with E-state index in [-0.39, 0.29) is 5.41 Å². The first-order valence-electron chi connectivity index (χ1n) is 16.4. The second kappa shape index (κ2) is 9.84. The van der Waals surface area contributed by atoms with E-state index in [1.54, 1.807) is 16.9 Å². The van der Waals surface area contributed by atoms with Crippen LogP contribution in [0, 0.1) is 0 Å². The van der Waals surface area contributed by atoms with Crippen LogP contribution >= 0.6 is 11.3 Å². The Morgan fingerprint density at radius 2 is 1.47 bits per heavy atom. The van der Waals surface area contributed by atoms with E-state index in [9.17, 15) is 0 Å². The minimum atomic E-state index is 0.0201. The Morgan fingerprint density at radius 3 is 2.36 bits per heavy atom. The summed E-state index contributed by atoms with van der Waals surface area (Å²) >= 11 is 1.78. The lowest BCUT2D eigenvalue weighted by Crippen LogP contribution is -2.17. The van der Waals surface area contributed by atoms with Gasteiger partial charge in [0.1, 0.15) is 0 Å². The molecule has 5 aromatic carbocycles. The van der Waals surface area contributed by atoms with Crippen LogP contribution in [0.1, 0.15) is 37.8 Å². The van der Waals surface area contributed by atoms with Crippen molar-refractivity contribution in [2.75, 3.05) is 0 Å². The number of aromatic nitrogens is 3. The molecule has 0 unspecified atom stereocenters. The van der Waals surface area contributed by atoms with Gasteiger partial charge in [-0.1, -0.05) is 117 Å². The van der Waals surface area contributed by atoms with Crippen molar-refractivity contribution in [3.05, 3.63) is 144 Å². The maximum Gasteiger partial charge on any atom is 0.160 e. The van der Waals surface area contributed by atoms with E-state index in [1.807, 2.05) is 6.07 Å². The van der Waals surface area contributed by atoms with E-state index in [1.165, 1.54) is 48.6 Å². The predicted octanol–water partition coefficient (Wildman–Crippen LogP) is 11.7. The first-order chi connectivity index (χ1) is 23.1. The van der Waals surface area contributed by atoms with Crippen molar-refractivity contribution in [1.82, 2.24) is 14.5 Å². The summed E-state index contributed by atoms with van der Waals surface area (Å²) in [6.07, 6.45) is 6.95. The average Bonchev–Trinajstić information content (AvgIpc) is 3.73. The number of nitrogens with zero attached hydrogens (tertiary/aromatic N) is 3. The molecule has 4 heteroatoms. The van der Waals surface area contributed by atoms with E-state index < -0.39 is 0 Å². The second-order valence-corrected chi connectivity index (χ2v) is 14.3. The van der Waals surface area contributed by atoms with Gasteiger partial charge >= 0.3 is 0 Å². The summed E-state index contributed by atoms with van der Waals surface area (Å²) in [6, 6.07) is 41.5. The number of thiophene rings is 1. The standard InChI is InChI=1S/C43H31N3S/c1-43(2)33-20-10-6-16-27(33)31-25-37-32(24-34(31)43)28-17-7-11-21-35(28)46(37)36-22-12-8-18-29(36)39-41-40(30-19-9-13-23-38(30)47-41)45-42(44-39)26-14-4-3-5-15-26/h3-9,11-19,21-25H,10,20H2,1-2H3. The monoisotopic (exact) mass is 621 g/mol. The molecule has 3 heterocycles. The third-order valence-corrected chi connectivity index (χ3v) is 11.5. The van der Waals surface area contributed by atoms with Crippen molar-refractivity contribution in [2.45, 2.75) is 32.1 Å². The molecular formula is C43H31N3S. The van der Waals surface area contributed by atoms with Crippen molar-refractivity contribution in [3.63, 3.8) is 0 Å². The van der Waals surface area contributed by atoms with Crippen molar-refractivity contribution < 1.29 is 0 Å². The molecule has 0 aliphatic heterocycles. The SMILES string of the molecule is CC1(C)C2=C(C=CCC2)c2cc3c(cc21)c1ccccc1n3-c1ccccc1-c1nc(-c2ccccc2)nc2c1sc1ccccc12. The van der Waals surface area contributed by atoms with Gasteiger partial charge in [-0.05, 0) is 59.9 Å². The van der Waals surface area contributed by atoms with Gasteiger partial charge in [-0.25, -0.2) is 9.97 Å². The van der Waals surface area contributed by atoms with Gasteiger partial charge in [0, 0.05) is 37.4 Å². The molecule has 0 fully saturated rings. The smallest absolute Gasteiger partial charge is 0.160 e. The van der Waals surface area contributed by atoms with Crippen LogP contribution in [0.15, 0.2) is 133 Å². The van der Waals surface area contributed by atoms with Crippen LogP contribution in [-0.4, -0.2) is 14.5 Å². The molecule has 0 saturated carbocycles. The number of hydrogen-bond donors (Lipinski definition) is 0. The van der Waals surface area contributed by atoms with Crippen LogP contribution in [0.2, 0.25) is 0 Å². The van der Waals surface area contributed by atoms with Gasteiger partial charge in [0.15, 0.2) is 5.82 Å². The molecule has 3 nitrogen and oxygen atoms in total. The largest absolute Gasteiger partial charge is 0.309 e. The van der Waals surface area contributed by atoms with Crippen molar-refractivity contribution >= 4 is 59.0 Å². The van der Waals surface area contributed by atoms with Crippen LogP contribution in [0.4, 0.5) is 0 Å². The summed E-state index contributed by atoms with van der Waals surface area (Å²) in [5.74, 6) is 0.747. The van der Waals surface area contributed by atoms with Crippen LogP contribution < -0.4 is 0 Å². The van der Waals surface area contributed by atoms with E-state index in [0.29, 0.717) is 0 Å². The molecule has 0 radical (unpaired) electrons. The fourth-order valence-electron chi connectivity index (χ4n) is 8.10. The third-order valence-electron chi connectivity index (χ3n) is 10.4. The molecule has 0 bridgehead atoms. The molecule has 3 aromatic heterocycles. The number of allylic oxidation sites excluding steroid dienone is 4. The predicted molar refractivity (Wildman–Crippen MR) is 198 cm³/mol. The quantitative estimate of drug-likeness (QED) is 0.196. The Bertz CT molecular complexity index is 2650. The third kappa shape index (κ3) is 3.79. The number of fused-ring (bicyclic) bond motifs is 8. The highest BCUT2D eigenvalue weighted by Gasteiger charge is 2.38. The van der Waals surface area contributed by atoms with Gasteiger partial charge in [-0.3, -0.25) is 0 Å². The van der Waals surface area contributed by atoms with Crippen molar-refractivity contribution in [1.29, 1.82) is 0 Å². The highest BCUT2D eigenvalue weighted by Crippen LogP contribution is 2.52. The van der Waals surface area contributed by atoms with Gasteiger partial charge in [0.2, 0.25) is 0 Å². The van der Waals surface area contributed by atoms with Gasteiger partial charge in [-0.15, -0.1) is 11.3 Å². The van der Waals surface area contributed by atoms with E-state index in [4.69, 9.17) is 9.97 Å². The minimum Gasteiger partial charge on any atom is -0.309 e. The average molecular weight is 622 g/mol. The van der Waals surface area contributed by atoms with Crippen molar-refractivity contribution in [2.24, 2.45) is 0 Å². The first kappa shape index (κ1) is 26.9. The van der Waals surface area contributed by atoms with Crippen molar-refractivity contribution in [3.8, 4) is 28.3 Å². The molecular weight excluding hydrogens is 591 g/mol. The summed E-state index contributed by atoms with van der Waals surface area (Å²) in [5.41, 5.74) is 13.5. The second-order valence-electron chi connectivity index (χ2n) is 13.3. The molecule has 0 saturated heterocycles. The lowest BCUT2D eigenvalue weighted by atomic mass is 9.78. The van der Waals surface area contributed by atoms with E-state index in [2.05, 4.69) is 140 Å². The molecule has 2 aliphatic rings. The summed E-state index contributed by atoms with van der Waals surface area (Å²) in [5, 5.41) is 3.74. The van der Waals surface area contributed by atoms with Crippen LogP contribution in [0.5, 0.6) is 0 Å². The van der Waals surface area contributed by atoms with E-state index in [0.717, 1.165) is 51.4 Å². The zero-order chi connectivity index (χ0) is 31.3. The fraction of sp³-hybridized carbons (Fsp3) is 0.116. The summed E-state index contributed by atoms with van der Waals surface area (Å²) in [6.45, 7) is 4.81. The number of benzene rings is 5. The highest BCUT2D eigenvalue weighted by molar-refractivity contribution is 7.26. The topological polar surface area (TPSA) is 30.7 Å². The highest BCUT2D eigenvalue weighted by atomic mass is 32.1. The molecule has 2 aliphatic carbocycles. The Morgan fingerprint density at radius 1 is 0.702 bits per heavy atom. The Kier molecular flexibility index (Phi) is 5.62. The number of rotatable bonds is 3. The zero-order valence-electron chi connectivity index (χ0n) is 26.3. The van der Waals surface area contributed by atoms with Gasteiger partial charge in [0.25, 0.3) is 0 Å². The van der Waals surface area contributed by atoms with Crippen LogP contribution in [0.25, 0.3) is 76.0 Å². The molecule has 224 valence electrons. The van der Waals surface area contributed by atoms with Gasteiger partial charge in [-0.2, -0.15) is 0 Å². The van der Waals surface area contributed by atoms with Crippen LogP contribution in [0.3, 0.4) is 0 Å². The van der Waals surface area contributed by atoms with E-state index >= 15 is 0 Å². The number of para-hydroxylation sites is 2. The minimum absolute atomic E-state index is 0.0201. The summed E-state index contributed by atoms with van der Waals surface area (Å²) < 4.78 is 4.81. The molecule has 0 N–H and O–H groups in total. The van der Waals surface area contributed by atoms with Crippen LogP contribution in [-0.2, 0) is 5.41 Å². The molecule has 0 atom stereocenters. The van der Waals surface area contributed by atoms with Gasteiger partial charge < -0.3 is 4.57 Å². The maximum absolute atomic E-state index is 5.37. The normalized spacial score (nSPS) is 15.3. The lowest BCUT2D eigenvalue weighted by Gasteiger charge is -2.25. The molecule has 8 aromatic rings. The fourth-order valence-corrected chi connectivity index (χ4v) is 9.25. The molecule has 47 heavy (non-hydrogen) atoms. The molecule has 10 rings (SSSR count). The summed E-state index contributed by atoms with van der Waals surface area (Å²) in [4.78, 5) is 10.6. The first-order valence-corrected chi connectivity index (χ1v) is 17.2. The molecule has 0 amide bonds. The molecule has 0 spiro atoms. The summed E-state index contributed by atoms with van der Waals surface area (Å²) in [7, 11) is 0. The number of hydrogen-bond acceptors (Lipinski definition) is 3. The maximum atomic E-state index is 5.37. The Hall–Kier alpha value is -5.32. The Balaban J connectivity index is 1.30. The zero-order valence-corrected chi connectivity index (χ0v) is 27.1.